The number of nitrogens with two attached hydrogens (primary N) is 2. The van der Waals surface area contributed by atoms with E-state index in [0.717, 1.165) is 13.0 Å². The first-order chi connectivity index (χ1) is 38.0. The fraction of sp³-hybridized carbons (Fsp3) is 0.740. The van der Waals surface area contributed by atoms with Crippen LogP contribution >= 0.6 is 0 Å². The molecule has 2 aromatic rings. The summed E-state index contributed by atoms with van der Waals surface area (Å²) in [5.41, 5.74) is 6.73. The normalized spacial score (nSPS) is 12.1. The van der Waals surface area contributed by atoms with E-state index < -0.39 is 48.5 Å². The van der Waals surface area contributed by atoms with Crippen LogP contribution in [0.25, 0.3) is 0 Å². The molecule has 0 aliphatic heterocycles. The van der Waals surface area contributed by atoms with Gasteiger partial charge in [0, 0.05) is 18.8 Å². The molecule has 0 aliphatic rings. The Bertz CT molecular complexity index is 1840. The van der Waals surface area contributed by atoms with E-state index in [0.29, 0.717) is 169 Å². The van der Waals surface area contributed by atoms with Gasteiger partial charge in [0.2, 0.25) is 17.7 Å². The number of carbonyl (C=O) groups excluding carboxylic acids is 5. The van der Waals surface area contributed by atoms with Crippen molar-refractivity contribution in [3.8, 4) is 0 Å². The average molecular weight is 1120 g/mol. The highest BCUT2D eigenvalue weighted by Crippen LogP contribution is 2.13. The minimum Gasteiger partial charge on any atom is -0.445 e. The lowest BCUT2D eigenvalue weighted by atomic mass is 10.0. The van der Waals surface area contributed by atoms with Crippen LogP contribution in [0.2, 0.25) is 0 Å². The van der Waals surface area contributed by atoms with Crippen LogP contribution in [0.4, 0.5) is 15.3 Å². The lowest BCUT2D eigenvalue weighted by Crippen LogP contribution is -2.53. The van der Waals surface area contributed by atoms with Gasteiger partial charge < -0.3 is 89.2 Å². The van der Waals surface area contributed by atoms with Gasteiger partial charge in [0.25, 0.3) is 0 Å². The van der Waals surface area contributed by atoms with Crippen molar-refractivity contribution in [3.63, 3.8) is 0 Å². The second kappa shape index (κ2) is 47.8. The third-order valence-corrected chi connectivity index (χ3v) is 10.3. The number of primary amides is 1. The molecule has 0 fully saturated rings. The van der Waals surface area contributed by atoms with Crippen molar-refractivity contribution in [2.24, 2.45) is 17.5 Å². The number of hydrogen-bond donors (Lipinski definition) is 7. The number of ether oxygens (including phenoxy) is 12. The second-order valence-corrected chi connectivity index (χ2v) is 17.4. The molecule has 28 heteroatoms. The summed E-state index contributed by atoms with van der Waals surface area (Å²) in [6.45, 7) is 16.8. The Morgan fingerprint density at radius 3 is 1.53 bits per heavy atom. The molecule has 9 N–H and O–H groups in total. The monoisotopic (exact) mass is 1120 g/mol. The van der Waals surface area contributed by atoms with Gasteiger partial charge in [0.05, 0.1) is 158 Å². The Morgan fingerprint density at radius 2 is 1.08 bits per heavy atom. The zero-order valence-corrected chi connectivity index (χ0v) is 45.9. The summed E-state index contributed by atoms with van der Waals surface area (Å²) in [6, 6.07) is 3.85. The van der Waals surface area contributed by atoms with Gasteiger partial charge >= 0.3 is 12.1 Å². The molecule has 28 nitrogen and oxygen atoms in total. The van der Waals surface area contributed by atoms with E-state index >= 15 is 0 Å². The predicted molar refractivity (Wildman–Crippen MR) is 282 cm³/mol. The van der Waals surface area contributed by atoms with Gasteiger partial charge in [0.1, 0.15) is 31.0 Å². The van der Waals surface area contributed by atoms with Crippen LogP contribution in [0, 0.1) is 5.92 Å². The summed E-state index contributed by atoms with van der Waals surface area (Å²) in [4.78, 5) is 66.8. The van der Waals surface area contributed by atoms with Crippen LogP contribution in [-0.2, 0) is 95.8 Å². The fourth-order valence-electron chi connectivity index (χ4n) is 6.48. The molecular formula is C50H88N10O18. The lowest BCUT2D eigenvalue weighted by molar-refractivity contribution is -0.133. The van der Waals surface area contributed by atoms with Crippen molar-refractivity contribution in [1.29, 1.82) is 0 Å². The number of alkyl carbamates (subject to hydrolysis) is 1. The SMILES string of the molecule is CCCOCCOCCOCCOCCOCCOCCOCCOCCOCCOCCOCCn1cc(CNC(=O)OCc2ccc(NC(=O)[C@H](CCCNC(N)=O)NC(=O)[C@H](CC(C)C)NC(=O)CON)cc2)nn1. The number of anilines is 1. The van der Waals surface area contributed by atoms with Gasteiger partial charge in [-0.2, -0.15) is 0 Å². The van der Waals surface area contributed by atoms with Crippen molar-refractivity contribution in [1.82, 2.24) is 36.3 Å². The van der Waals surface area contributed by atoms with E-state index in [1.54, 1.807) is 35.1 Å². The molecule has 0 bridgehead atoms. The molecule has 446 valence electrons. The van der Waals surface area contributed by atoms with Gasteiger partial charge in [-0.05, 0) is 49.3 Å². The van der Waals surface area contributed by atoms with Crippen molar-refractivity contribution in [2.75, 3.05) is 164 Å². The van der Waals surface area contributed by atoms with Crippen molar-refractivity contribution >= 4 is 35.5 Å². The van der Waals surface area contributed by atoms with Gasteiger partial charge in [0.15, 0.2) is 0 Å². The molecule has 78 heavy (non-hydrogen) atoms. The Hall–Kier alpha value is -5.21. The van der Waals surface area contributed by atoms with Crippen LogP contribution in [0.5, 0.6) is 0 Å². The number of urea groups is 1. The van der Waals surface area contributed by atoms with Crippen LogP contribution in [0.3, 0.4) is 0 Å². The highest BCUT2D eigenvalue weighted by atomic mass is 16.6. The molecule has 6 amide bonds. The van der Waals surface area contributed by atoms with E-state index in [9.17, 15) is 24.0 Å². The van der Waals surface area contributed by atoms with Gasteiger partial charge in [-0.1, -0.05) is 38.1 Å². The summed E-state index contributed by atoms with van der Waals surface area (Å²) >= 11 is 0. The third-order valence-electron chi connectivity index (χ3n) is 10.3. The largest absolute Gasteiger partial charge is 0.445 e. The number of carbonyl (C=O) groups is 5. The first-order valence-electron chi connectivity index (χ1n) is 26.5. The molecule has 2 rings (SSSR count). The lowest BCUT2D eigenvalue weighted by Gasteiger charge is -2.24. The molecule has 0 saturated heterocycles. The Morgan fingerprint density at radius 1 is 0.603 bits per heavy atom. The topological polar surface area (TPSA) is 348 Å². The van der Waals surface area contributed by atoms with Gasteiger partial charge in [-0.15, -0.1) is 5.10 Å². The zero-order chi connectivity index (χ0) is 56.5. The van der Waals surface area contributed by atoms with E-state index in [1.165, 1.54) is 0 Å². The Kier molecular flexibility index (Phi) is 42.2. The van der Waals surface area contributed by atoms with Crippen LogP contribution in [0.1, 0.15) is 57.7 Å². The predicted octanol–water partition coefficient (Wildman–Crippen LogP) is 0.590. The summed E-state index contributed by atoms with van der Waals surface area (Å²) in [5.74, 6) is 3.32. The molecule has 0 unspecified atom stereocenters. The number of rotatable bonds is 52. The number of benzene rings is 1. The Balaban J connectivity index is 1.44. The number of hydrogen-bond acceptors (Lipinski definition) is 21. The maximum atomic E-state index is 13.4. The molecule has 1 aromatic heterocycles. The van der Waals surface area contributed by atoms with Gasteiger partial charge in [-0.25, -0.2) is 20.2 Å². The van der Waals surface area contributed by atoms with Crippen LogP contribution in [0.15, 0.2) is 30.5 Å². The van der Waals surface area contributed by atoms with Crippen molar-refractivity contribution in [2.45, 2.75) is 78.2 Å². The van der Waals surface area contributed by atoms with Crippen molar-refractivity contribution in [3.05, 3.63) is 41.7 Å². The zero-order valence-electron chi connectivity index (χ0n) is 45.9. The average Bonchev–Trinajstić information content (AvgIpc) is 3.88. The minimum atomic E-state index is -1.03. The summed E-state index contributed by atoms with van der Waals surface area (Å²) in [5, 5.41) is 21.3. The van der Waals surface area contributed by atoms with Gasteiger partial charge in [-0.3, -0.25) is 19.2 Å². The van der Waals surface area contributed by atoms with E-state index in [4.69, 9.17) is 68.5 Å². The molecule has 1 aromatic carbocycles. The number of nitrogens with one attached hydrogen (secondary N) is 5. The molecule has 0 spiro atoms. The highest BCUT2D eigenvalue weighted by Gasteiger charge is 2.27. The molecule has 1 heterocycles. The summed E-state index contributed by atoms with van der Waals surface area (Å²) in [6.07, 6.45) is 2.77. The van der Waals surface area contributed by atoms with Crippen LogP contribution < -0.4 is 38.2 Å². The fourth-order valence-corrected chi connectivity index (χ4v) is 6.48. The third kappa shape index (κ3) is 39.2. The van der Waals surface area contributed by atoms with E-state index in [-0.39, 0.29) is 38.5 Å². The maximum absolute atomic E-state index is 13.4. The molecule has 0 saturated carbocycles. The Labute approximate surface area is 457 Å². The highest BCUT2D eigenvalue weighted by molar-refractivity contribution is 5.98. The molecule has 2 atom stereocenters. The van der Waals surface area contributed by atoms with E-state index in [1.807, 2.05) is 13.8 Å². The molecule has 0 radical (unpaired) electrons. The summed E-state index contributed by atoms with van der Waals surface area (Å²) < 4.78 is 67.3. The smallest absolute Gasteiger partial charge is 0.407 e. The standard InChI is InChI=1S/C50H88N10O18/c1-4-13-66-15-17-68-19-21-70-23-25-72-27-29-74-31-33-76-34-32-75-30-28-73-26-24-71-22-20-69-18-16-67-14-12-60-37-43(58-59-60)36-54-50(65)77-38-41-7-9-42(10-8-41)55-47(62)44(6-5-11-53-49(51)64)57-48(63)45(35-40(2)3)56-46(61)39-78-52/h7-10,37,40,44-45H,4-6,11-36,38-39,52H2,1-3H3,(H,54,65)(H,55,62)(H,56,61)(H,57,63)(H3,51,53,64)/t44-,45-/m0/s1. The number of amides is 6. The number of aromatic nitrogens is 3. The first kappa shape index (κ1) is 68.9. The first-order valence-corrected chi connectivity index (χ1v) is 26.5. The van der Waals surface area contributed by atoms with E-state index in [2.05, 4.69) is 48.7 Å². The minimum absolute atomic E-state index is 0.0271. The van der Waals surface area contributed by atoms with Crippen LogP contribution in [-0.4, -0.2) is 215 Å². The molecular weight excluding hydrogens is 1030 g/mol. The maximum Gasteiger partial charge on any atom is 0.407 e. The molecule has 0 aliphatic carbocycles. The quantitative estimate of drug-likeness (QED) is 0.0352. The second-order valence-electron chi connectivity index (χ2n) is 17.4. The van der Waals surface area contributed by atoms with Crippen molar-refractivity contribution < 1.29 is 85.7 Å². The summed E-state index contributed by atoms with van der Waals surface area (Å²) in [7, 11) is 0. The number of nitrogens with zero attached hydrogens (tertiary/aromatic N) is 3.